The molecule has 1 heterocycles. The predicted molar refractivity (Wildman–Crippen MR) is 106 cm³/mol. The molecule has 124 valence electrons. The maximum absolute atomic E-state index is 9.57. The number of aryl methyl sites for hydroxylation is 1. The molecule has 3 heteroatoms. The van der Waals surface area contributed by atoms with Crippen molar-refractivity contribution in [2.45, 2.75) is 6.92 Å². The number of rotatable bonds is 3. The predicted octanol–water partition coefficient (Wildman–Crippen LogP) is 5.60. The van der Waals surface area contributed by atoms with E-state index >= 15 is 0 Å². The molecule has 4 rings (SSSR count). The van der Waals surface area contributed by atoms with Crippen LogP contribution >= 0.6 is 0 Å². The zero-order valence-electron chi connectivity index (χ0n) is 14.4. The summed E-state index contributed by atoms with van der Waals surface area (Å²) in [7, 11) is 0. The Balaban J connectivity index is 1.67. The number of nitrogens with zero attached hydrogens (tertiary/aromatic N) is 2. The van der Waals surface area contributed by atoms with Crippen LogP contribution in [0.25, 0.3) is 33.8 Å². The first kappa shape index (κ1) is 15.9. The molecule has 0 fully saturated rings. The zero-order chi connectivity index (χ0) is 17.9. The molecule has 3 aromatic carbocycles. The molecule has 0 radical (unpaired) electrons. The van der Waals surface area contributed by atoms with E-state index in [4.69, 9.17) is 0 Å². The molecule has 0 aliphatic heterocycles. The van der Waals surface area contributed by atoms with Gasteiger partial charge in [-0.15, -0.1) is 0 Å². The molecule has 26 heavy (non-hydrogen) atoms. The van der Waals surface area contributed by atoms with Gasteiger partial charge in [0.25, 0.3) is 0 Å². The van der Waals surface area contributed by atoms with Gasteiger partial charge in [-0.1, -0.05) is 60.7 Å². The third kappa shape index (κ3) is 3.13. The van der Waals surface area contributed by atoms with E-state index in [0.717, 1.165) is 27.7 Å². The molecular weight excluding hydrogens is 318 g/mol. The molecule has 3 nitrogen and oxygen atoms in total. The maximum Gasteiger partial charge on any atom is 0.149 e. The fraction of sp³-hybridized carbons (Fsp3) is 0.0435. The molecule has 0 aliphatic carbocycles. The highest BCUT2D eigenvalue weighted by molar-refractivity contribution is 5.90. The number of H-pyrrole nitrogens is 1. The van der Waals surface area contributed by atoms with Crippen LogP contribution in [0.4, 0.5) is 0 Å². The van der Waals surface area contributed by atoms with E-state index in [9.17, 15) is 5.26 Å². The lowest BCUT2D eigenvalue weighted by Crippen LogP contribution is -1.85. The third-order valence-corrected chi connectivity index (χ3v) is 4.34. The van der Waals surface area contributed by atoms with Crippen molar-refractivity contribution in [3.05, 3.63) is 89.7 Å². The Kier molecular flexibility index (Phi) is 4.09. The molecule has 4 aromatic rings. The van der Waals surface area contributed by atoms with Gasteiger partial charge in [0.2, 0.25) is 0 Å². The number of aromatic nitrogens is 2. The maximum atomic E-state index is 9.57. The molecule has 0 unspecified atom stereocenters. The van der Waals surface area contributed by atoms with E-state index in [-0.39, 0.29) is 0 Å². The fourth-order valence-electron chi connectivity index (χ4n) is 2.97. The Morgan fingerprint density at radius 1 is 0.962 bits per heavy atom. The second-order valence-corrected chi connectivity index (χ2v) is 6.26. The van der Waals surface area contributed by atoms with Crippen molar-refractivity contribution >= 4 is 22.7 Å². The van der Waals surface area contributed by atoms with Crippen LogP contribution in [0.3, 0.4) is 0 Å². The number of hydrogen-bond donors (Lipinski definition) is 1. The van der Waals surface area contributed by atoms with Crippen molar-refractivity contribution in [2.75, 3.05) is 0 Å². The molecule has 0 aliphatic rings. The first-order valence-electron chi connectivity index (χ1n) is 8.47. The van der Waals surface area contributed by atoms with Crippen LogP contribution in [0.15, 0.2) is 72.8 Å². The summed E-state index contributed by atoms with van der Waals surface area (Å²) in [5, 5.41) is 9.57. The first-order valence-corrected chi connectivity index (χ1v) is 8.47. The third-order valence-electron chi connectivity index (χ3n) is 4.34. The van der Waals surface area contributed by atoms with Crippen LogP contribution in [0.5, 0.6) is 0 Å². The van der Waals surface area contributed by atoms with Gasteiger partial charge >= 0.3 is 0 Å². The molecule has 0 saturated heterocycles. The number of allylic oxidation sites excluding steroid dienone is 1. The second-order valence-electron chi connectivity index (χ2n) is 6.26. The van der Waals surface area contributed by atoms with Gasteiger partial charge in [-0.25, -0.2) is 4.98 Å². The van der Waals surface area contributed by atoms with Crippen LogP contribution in [0.2, 0.25) is 0 Å². The summed E-state index contributed by atoms with van der Waals surface area (Å²) in [5.74, 6) is 0.597. The lowest BCUT2D eigenvalue weighted by Gasteiger charge is -2.02. The van der Waals surface area contributed by atoms with Crippen LogP contribution in [0, 0.1) is 18.3 Å². The van der Waals surface area contributed by atoms with Crippen LogP contribution in [-0.2, 0) is 0 Å². The number of hydrogen-bond acceptors (Lipinski definition) is 2. The van der Waals surface area contributed by atoms with Gasteiger partial charge in [-0.05, 0) is 47.4 Å². The molecule has 0 amide bonds. The van der Waals surface area contributed by atoms with Gasteiger partial charge in [0.05, 0.1) is 16.6 Å². The summed E-state index contributed by atoms with van der Waals surface area (Å²) < 4.78 is 0. The van der Waals surface area contributed by atoms with E-state index in [1.54, 1.807) is 0 Å². The lowest BCUT2D eigenvalue weighted by molar-refractivity contribution is 1.27. The first-order chi connectivity index (χ1) is 12.7. The van der Waals surface area contributed by atoms with E-state index in [2.05, 4.69) is 40.3 Å². The van der Waals surface area contributed by atoms with E-state index < -0.39 is 0 Å². The zero-order valence-corrected chi connectivity index (χ0v) is 14.4. The summed E-state index contributed by atoms with van der Waals surface area (Å²) in [6, 6.07) is 26.7. The summed E-state index contributed by atoms with van der Waals surface area (Å²) in [6.07, 6.45) is 1.86. The average Bonchev–Trinajstić information content (AvgIpc) is 3.10. The highest BCUT2D eigenvalue weighted by atomic mass is 14.9. The van der Waals surface area contributed by atoms with Gasteiger partial charge < -0.3 is 4.98 Å². The van der Waals surface area contributed by atoms with Gasteiger partial charge in [-0.3, -0.25) is 0 Å². The number of imidazole rings is 1. The standard InChI is InChI=1S/C23H17N3/c1-16-7-12-21-22(13-16)26-23(25-21)20(15-24)14-17-8-10-19(11-9-17)18-5-3-2-4-6-18/h2-14H,1H3,(H,25,26). The Bertz CT molecular complexity index is 1130. The summed E-state index contributed by atoms with van der Waals surface area (Å²) in [6.45, 7) is 2.04. The molecule has 0 saturated carbocycles. The van der Waals surface area contributed by atoms with Crippen LogP contribution in [-0.4, -0.2) is 9.97 Å². The molecular formula is C23H17N3. The Morgan fingerprint density at radius 2 is 1.69 bits per heavy atom. The monoisotopic (exact) mass is 335 g/mol. The number of aromatic amines is 1. The Labute approximate surface area is 152 Å². The highest BCUT2D eigenvalue weighted by Crippen LogP contribution is 2.23. The Morgan fingerprint density at radius 3 is 2.42 bits per heavy atom. The number of fused-ring (bicyclic) bond motifs is 1. The topological polar surface area (TPSA) is 52.5 Å². The second kappa shape index (κ2) is 6.70. The fourth-order valence-corrected chi connectivity index (χ4v) is 2.97. The van der Waals surface area contributed by atoms with Crippen LogP contribution in [0.1, 0.15) is 17.0 Å². The number of benzene rings is 3. The highest BCUT2D eigenvalue weighted by Gasteiger charge is 2.08. The van der Waals surface area contributed by atoms with Crippen molar-refractivity contribution in [2.24, 2.45) is 0 Å². The van der Waals surface area contributed by atoms with Crippen molar-refractivity contribution in [1.82, 2.24) is 9.97 Å². The SMILES string of the molecule is Cc1ccc2nc(C(C#N)=Cc3ccc(-c4ccccc4)cc3)[nH]c2c1. The minimum atomic E-state index is 0.520. The van der Waals surface area contributed by atoms with Gasteiger partial charge in [-0.2, -0.15) is 5.26 Å². The van der Waals surface area contributed by atoms with E-state index in [0.29, 0.717) is 11.4 Å². The molecule has 0 atom stereocenters. The molecule has 0 bridgehead atoms. The minimum Gasteiger partial charge on any atom is -0.337 e. The summed E-state index contributed by atoms with van der Waals surface area (Å²) in [5.41, 5.74) is 6.79. The quantitative estimate of drug-likeness (QED) is 0.495. The van der Waals surface area contributed by atoms with E-state index in [1.165, 1.54) is 5.56 Å². The van der Waals surface area contributed by atoms with Crippen LogP contribution < -0.4 is 0 Å². The number of nitriles is 1. The molecule has 1 aromatic heterocycles. The van der Waals surface area contributed by atoms with Crippen molar-refractivity contribution in [1.29, 1.82) is 5.26 Å². The normalized spacial score (nSPS) is 11.5. The summed E-state index contributed by atoms with van der Waals surface area (Å²) >= 11 is 0. The van der Waals surface area contributed by atoms with Gasteiger partial charge in [0, 0.05) is 0 Å². The Hall–Kier alpha value is -3.64. The lowest BCUT2D eigenvalue weighted by atomic mass is 10.0. The van der Waals surface area contributed by atoms with Crippen molar-refractivity contribution in [3.8, 4) is 17.2 Å². The smallest absolute Gasteiger partial charge is 0.149 e. The van der Waals surface area contributed by atoms with Crippen molar-refractivity contribution < 1.29 is 0 Å². The number of nitrogens with one attached hydrogen (secondary N) is 1. The molecule has 1 N–H and O–H groups in total. The van der Waals surface area contributed by atoms with Gasteiger partial charge in [0.15, 0.2) is 0 Å². The summed E-state index contributed by atoms with van der Waals surface area (Å²) in [4.78, 5) is 7.78. The molecule has 0 spiro atoms. The van der Waals surface area contributed by atoms with Gasteiger partial charge in [0.1, 0.15) is 11.9 Å². The van der Waals surface area contributed by atoms with E-state index in [1.807, 2.05) is 61.5 Å². The average molecular weight is 335 g/mol. The minimum absolute atomic E-state index is 0.520. The largest absolute Gasteiger partial charge is 0.337 e. The van der Waals surface area contributed by atoms with Crippen molar-refractivity contribution in [3.63, 3.8) is 0 Å².